The lowest BCUT2D eigenvalue weighted by molar-refractivity contribution is -0.126. The van der Waals surface area contributed by atoms with E-state index in [2.05, 4.69) is 30.3 Å². The Kier molecular flexibility index (Phi) is 6.21. The summed E-state index contributed by atoms with van der Waals surface area (Å²) in [6.45, 7) is 1.66. The average Bonchev–Trinajstić information content (AvgIpc) is 2.79. The molecule has 3 aromatic rings. The van der Waals surface area contributed by atoms with Crippen molar-refractivity contribution in [3.05, 3.63) is 108 Å². The fourth-order valence-corrected chi connectivity index (χ4v) is 4.06. The summed E-state index contributed by atoms with van der Waals surface area (Å²) in [5.74, 6) is 0.790. The molecule has 1 saturated heterocycles. The van der Waals surface area contributed by atoms with E-state index < -0.39 is 0 Å². The van der Waals surface area contributed by atoms with Crippen molar-refractivity contribution < 1.29 is 4.79 Å². The van der Waals surface area contributed by atoms with E-state index in [0.717, 1.165) is 49.1 Å². The van der Waals surface area contributed by atoms with E-state index in [9.17, 15) is 4.79 Å². The van der Waals surface area contributed by atoms with Crippen LogP contribution in [0.1, 0.15) is 29.5 Å². The maximum absolute atomic E-state index is 13.4. The Bertz CT molecular complexity index is 940. The maximum atomic E-state index is 13.4. The van der Waals surface area contributed by atoms with Crippen molar-refractivity contribution in [2.24, 2.45) is 5.92 Å². The van der Waals surface area contributed by atoms with Gasteiger partial charge in [0.2, 0.25) is 0 Å². The third kappa shape index (κ3) is 5.03. The number of piperidine rings is 1. The second-order valence-corrected chi connectivity index (χ2v) is 7.76. The third-order valence-corrected chi connectivity index (χ3v) is 5.69. The minimum Gasteiger partial charge on any atom is -0.339 e. The molecule has 146 valence electrons. The molecule has 0 atom stereocenters. The number of benzene rings is 3. The SMILES string of the molecule is O=C(C(=Cc1ccccc1)c1ccccc1)N1CCC(Cc2ccccc2)CC1. The molecule has 0 N–H and O–H groups in total. The zero-order valence-electron chi connectivity index (χ0n) is 16.7. The zero-order valence-corrected chi connectivity index (χ0v) is 16.7. The van der Waals surface area contributed by atoms with Crippen molar-refractivity contribution in [3.8, 4) is 0 Å². The number of hydrogen-bond acceptors (Lipinski definition) is 1. The van der Waals surface area contributed by atoms with E-state index >= 15 is 0 Å². The normalized spacial score (nSPS) is 15.3. The molecule has 0 radical (unpaired) electrons. The van der Waals surface area contributed by atoms with Crippen molar-refractivity contribution in [3.63, 3.8) is 0 Å². The van der Waals surface area contributed by atoms with Gasteiger partial charge in [-0.05, 0) is 47.9 Å². The fraction of sp³-hybridized carbons (Fsp3) is 0.222. The molecule has 0 spiro atoms. The maximum Gasteiger partial charge on any atom is 0.254 e. The molecule has 0 bridgehead atoms. The van der Waals surface area contributed by atoms with Crippen molar-refractivity contribution in [2.45, 2.75) is 19.3 Å². The Morgan fingerprint density at radius 3 is 1.97 bits per heavy atom. The summed E-state index contributed by atoms with van der Waals surface area (Å²) in [5.41, 5.74) is 4.20. The summed E-state index contributed by atoms with van der Waals surface area (Å²) in [7, 11) is 0. The smallest absolute Gasteiger partial charge is 0.254 e. The van der Waals surface area contributed by atoms with Gasteiger partial charge < -0.3 is 4.90 Å². The molecular formula is C27H27NO. The molecule has 2 nitrogen and oxygen atoms in total. The van der Waals surface area contributed by atoms with Crippen molar-refractivity contribution in [1.82, 2.24) is 4.90 Å². The molecule has 0 aromatic heterocycles. The lowest BCUT2D eigenvalue weighted by Gasteiger charge is -2.33. The Hall–Kier alpha value is -3.13. The third-order valence-electron chi connectivity index (χ3n) is 5.69. The fourth-order valence-electron chi connectivity index (χ4n) is 4.06. The van der Waals surface area contributed by atoms with Gasteiger partial charge in [0.25, 0.3) is 5.91 Å². The highest BCUT2D eigenvalue weighted by Crippen LogP contribution is 2.26. The number of hydrogen-bond donors (Lipinski definition) is 0. The highest BCUT2D eigenvalue weighted by Gasteiger charge is 2.25. The molecule has 4 rings (SSSR count). The second kappa shape index (κ2) is 9.38. The van der Waals surface area contributed by atoms with E-state index in [1.807, 2.05) is 71.6 Å². The van der Waals surface area contributed by atoms with E-state index in [4.69, 9.17) is 0 Å². The van der Waals surface area contributed by atoms with Crippen LogP contribution in [0.15, 0.2) is 91.0 Å². The summed E-state index contributed by atoms with van der Waals surface area (Å²) >= 11 is 0. The quantitative estimate of drug-likeness (QED) is 0.409. The minimum atomic E-state index is 0.137. The van der Waals surface area contributed by atoms with Crippen molar-refractivity contribution >= 4 is 17.6 Å². The van der Waals surface area contributed by atoms with Crippen LogP contribution in [0.3, 0.4) is 0 Å². The van der Waals surface area contributed by atoms with Gasteiger partial charge in [-0.1, -0.05) is 91.0 Å². The van der Waals surface area contributed by atoms with Crippen LogP contribution in [0.4, 0.5) is 0 Å². The molecule has 1 amide bonds. The summed E-state index contributed by atoms with van der Waals surface area (Å²) < 4.78 is 0. The molecule has 29 heavy (non-hydrogen) atoms. The molecule has 0 saturated carbocycles. The lowest BCUT2D eigenvalue weighted by Crippen LogP contribution is -2.39. The molecular weight excluding hydrogens is 354 g/mol. The number of carbonyl (C=O) groups excluding carboxylic acids is 1. The van der Waals surface area contributed by atoms with E-state index in [-0.39, 0.29) is 5.91 Å². The first-order chi connectivity index (χ1) is 14.3. The summed E-state index contributed by atoms with van der Waals surface area (Å²) in [5, 5.41) is 0. The summed E-state index contributed by atoms with van der Waals surface area (Å²) in [4.78, 5) is 15.5. The monoisotopic (exact) mass is 381 g/mol. The molecule has 0 aliphatic carbocycles. The standard InChI is InChI=1S/C27H27NO/c29-27(28-18-16-24(17-19-28)20-22-10-4-1-5-11-22)26(25-14-8-3-9-15-25)21-23-12-6-2-7-13-23/h1-15,21,24H,16-20H2. The number of likely N-dealkylation sites (tertiary alicyclic amines) is 1. The van der Waals surface area contributed by atoms with Gasteiger partial charge in [0.05, 0.1) is 0 Å². The second-order valence-electron chi connectivity index (χ2n) is 7.76. The molecule has 2 heteroatoms. The molecule has 0 unspecified atom stereocenters. The predicted octanol–water partition coefficient (Wildman–Crippen LogP) is 5.71. The summed E-state index contributed by atoms with van der Waals surface area (Å²) in [6.07, 6.45) is 5.25. The van der Waals surface area contributed by atoms with E-state index in [1.54, 1.807) is 0 Å². The van der Waals surface area contributed by atoms with Crippen molar-refractivity contribution in [2.75, 3.05) is 13.1 Å². The molecule has 3 aromatic carbocycles. The number of rotatable bonds is 5. The number of nitrogens with zero attached hydrogens (tertiary/aromatic N) is 1. The van der Waals surface area contributed by atoms with Crippen LogP contribution in [0.2, 0.25) is 0 Å². The Labute approximate surface area is 173 Å². The van der Waals surface area contributed by atoms with Crippen LogP contribution in [-0.2, 0) is 11.2 Å². The Morgan fingerprint density at radius 2 is 1.34 bits per heavy atom. The van der Waals surface area contributed by atoms with Gasteiger partial charge >= 0.3 is 0 Å². The Morgan fingerprint density at radius 1 is 0.793 bits per heavy atom. The van der Waals surface area contributed by atoms with Gasteiger partial charge in [-0.2, -0.15) is 0 Å². The zero-order chi connectivity index (χ0) is 19.9. The van der Waals surface area contributed by atoms with Crippen LogP contribution in [-0.4, -0.2) is 23.9 Å². The van der Waals surface area contributed by atoms with Gasteiger partial charge in [0, 0.05) is 18.7 Å². The van der Waals surface area contributed by atoms with Gasteiger partial charge in [0.1, 0.15) is 0 Å². The van der Waals surface area contributed by atoms with E-state index in [0.29, 0.717) is 5.92 Å². The first-order valence-electron chi connectivity index (χ1n) is 10.4. The predicted molar refractivity (Wildman–Crippen MR) is 120 cm³/mol. The van der Waals surface area contributed by atoms with Crippen LogP contribution < -0.4 is 0 Å². The first-order valence-corrected chi connectivity index (χ1v) is 10.4. The van der Waals surface area contributed by atoms with Crippen LogP contribution in [0.5, 0.6) is 0 Å². The molecule has 1 aliphatic rings. The lowest BCUT2D eigenvalue weighted by atomic mass is 9.89. The van der Waals surface area contributed by atoms with Gasteiger partial charge in [-0.3, -0.25) is 4.79 Å². The van der Waals surface area contributed by atoms with Gasteiger partial charge in [-0.15, -0.1) is 0 Å². The molecule has 1 fully saturated rings. The van der Waals surface area contributed by atoms with Gasteiger partial charge in [0.15, 0.2) is 0 Å². The average molecular weight is 382 g/mol. The molecule has 1 heterocycles. The Balaban J connectivity index is 1.48. The minimum absolute atomic E-state index is 0.137. The highest BCUT2D eigenvalue weighted by atomic mass is 16.2. The van der Waals surface area contributed by atoms with Crippen LogP contribution in [0.25, 0.3) is 11.6 Å². The van der Waals surface area contributed by atoms with E-state index in [1.165, 1.54) is 5.56 Å². The first kappa shape index (κ1) is 19.2. The largest absolute Gasteiger partial charge is 0.339 e. The van der Waals surface area contributed by atoms with Crippen LogP contribution >= 0.6 is 0 Å². The number of carbonyl (C=O) groups is 1. The molecule has 1 aliphatic heterocycles. The van der Waals surface area contributed by atoms with Crippen molar-refractivity contribution in [1.29, 1.82) is 0 Å². The van der Waals surface area contributed by atoms with Crippen LogP contribution in [0, 0.1) is 5.92 Å². The highest BCUT2D eigenvalue weighted by molar-refractivity contribution is 6.24. The topological polar surface area (TPSA) is 20.3 Å². The number of amides is 1. The van der Waals surface area contributed by atoms with Gasteiger partial charge in [-0.25, -0.2) is 0 Å². The summed E-state index contributed by atoms with van der Waals surface area (Å²) in [6, 6.07) is 30.8.